The molecule has 0 radical (unpaired) electrons. The van der Waals surface area contributed by atoms with Crippen molar-refractivity contribution in [1.82, 2.24) is 9.80 Å². The Balaban J connectivity index is 1.73. The van der Waals surface area contributed by atoms with Crippen molar-refractivity contribution in [3.05, 3.63) is 29.3 Å². The SMILES string of the molecule is COc1ccc(F)c(F)c1CN1CCC[C@H](N2CCCC2=O)C1. The van der Waals surface area contributed by atoms with Gasteiger partial charge in [-0.15, -0.1) is 0 Å². The van der Waals surface area contributed by atoms with Gasteiger partial charge in [0.05, 0.1) is 7.11 Å². The summed E-state index contributed by atoms with van der Waals surface area (Å²) < 4.78 is 32.8. The number of methoxy groups -OCH3 is 1. The molecule has 1 atom stereocenters. The molecule has 0 aromatic heterocycles. The Morgan fingerprint density at radius 3 is 2.78 bits per heavy atom. The van der Waals surface area contributed by atoms with Crippen LogP contribution in [-0.2, 0) is 11.3 Å². The third-order valence-electron chi connectivity index (χ3n) is 4.79. The molecule has 1 aromatic carbocycles. The lowest BCUT2D eigenvalue weighted by Gasteiger charge is -2.37. The molecule has 0 unspecified atom stereocenters. The molecule has 0 bridgehead atoms. The smallest absolute Gasteiger partial charge is 0.222 e. The number of hydrogen-bond acceptors (Lipinski definition) is 3. The van der Waals surface area contributed by atoms with Gasteiger partial charge in [0, 0.05) is 37.7 Å². The zero-order chi connectivity index (χ0) is 16.4. The van der Waals surface area contributed by atoms with Crippen LogP contribution in [0.5, 0.6) is 5.75 Å². The highest BCUT2D eigenvalue weighted by Gasteiger charge is 2.31. The average molecular weight is 324 g/mol. The third kappa shape index (κ3) is 3.32. The summed E-state index contributed by atoms with van der Waals surface area (Å²) in [5.41, 5.74) is 0.251. The Kier molecular flexibility index (Phi) is 4.80. The van der Waals surface area contributed by atoms with E-state index in [0.29, 0.717) is 25.3 Å². The number of amides is 1. The van der Waals surface area contributed by atoms with E-state index >= 15 is 0 Å². The molecular formula is C17H22F2N2O2. The Morgan fingerprint density at radius 2 is 2.09 bits per heavy atom. The van der Waals surface area contributed by atoms with Crippen LogP contribution in [0.2, 0.25) is 0 Å². The number of hydrogen-bond donors (Lipinski definition) is 0. The van der Waals surface area contributed by atoms with Crippen LogP contribution >= 0.6 is 0 Å². The summed E-state index contributed by atoms with van der Waals surface area (Å²) >= 11 is 0. The first-order valence-electron chi connectivity index (χ1n) is 8.13. The van der Waals surface area contributed by atoms with Crippen LogP contribution in [-0.4, -0.2) is 48.5 Å². The molecule has 4 nitrogen and oxygen atoms in total. The zero-order valence-electron chi connectivity index (χ0n) is 13.4. The van der Waals surface area contributed by atoms with Gasteiger partial charge < -0.3 is 9.64 Å². The first-order valence-corrected chi connectivity index (χ1v) is 8.13. The Hall–Kier alpha value is -1.69. The second-order valence-corrected chi connectivity index (χ2v) is 6.26. The minimum atomic E-state index is -0.857. The van der Waals surface area contributed by atoms with Crippen molar-refractivity contribution < 1.29 is 18.3 Å². The van der Waals surface area contributed by atoms with E-state index in [9.17, 15) is 13.6 Å². The number of benzene rings is 1. The summed E-state index contributed by atoms with van der Waals surface area (Å²) in [7, 11) is 1.46. The number of carbonyl (C=O) groups is 1. The standard InChI is InChI=1S/C17H22F2N2O2/c1-23-15-7-6-14(18)17(19)13(15)11-20-8-2-4-12(10-20)21-9-3-5-16(21)22/h6-7,12H,2-5,8-11H2,1H3/t12-/m0/s1. The minimum absolute atomic E-state index is 0.182. The molecule has 2 aliphatic heterocycles. The second kappa shape index (κ2) is 6.83. The maximum Gasteiger partial charge on any atom is 0.222 e. The topological polar surface area (TPSA) is 32.8 Å². The molecule has 1 amide bonds. The van der Waals surface area contributed by atoms with E-state index in [1.807, 2.05) is 4.90 Å². The van der Waals surface area contributed by atoms with Gasteiger partial charge in [-0.05, 0) is 37.9 Å². The molecule has 0 saturated carbocycles. The lowest BCUT2D eigenvalue weighted by atomic mass is 10.0. The molecule has 0 N–H and O–H groups in total. The lowest BCUT2D eigenvalue weighted by molar-refractivity contribution is -0.130. The van der Waals surface area contributed by atoms with Crippen LogP contribution in [0.4, 0.5) is 8.78 Å². The maximum absolute atomic E-state index is 14.1. The fourth-order valence-corrected chi connectivity index (χ4v) is 3.62. The summed E-state index contributed by atoms with van der Waals surface area (Å²) in [4.78, 5) is 15.9. The first kappa shape index (κ1) is 16.2. The van der Waals surface area contributed by atoms with E-state index in [1.54, 1.807) is 0 Å². The third-order valence-corrected chi connectivity index (χ3v) is 4.79. The van der Waals surface area contributed by atoms with Crippen LogP contribution in [0.15, 0.2) is 12.1 Å². The minimum Gasteiger partial charge on any atom is -0.496 e. The van der Waals surface area contributed by atoms with E-state index in [2.05, 4.69) is 4.90 Å². The van der Waals surface area contributed by atoms with Crippen LogP contribution in [0.3, 0.4) is 0 Å². The molecule has 2 heterocycles. The quantitative estimate of drug-likeness (QED) is 0.853. The number of rotatable bonds is 4. The highest BCUT2D eigenvalue weighted by atomic mass is 19.2. The van der Waals surface area contributed by atoms with Gasteiger partial charge in [0.15, 0.2) is 11.6 Å². The zero-order valence-corrected chi connectivity index (χ0v) is 13.4. The van der Waals surface area contributed by atoms with Gasteiger partial charge in [-0.3, -0.25) is 9.69 Å². The van der Waals surface area contributed by atoms with Gasteiger partial charge in [-0.1, -0.05) is 0 Å². The molecule has 0 spiro atoms. The van der Waals surface area contributed by atoms with Crippen molar-refractivity contribution in [2.75, 3.05) is 26.7 Å². The molecule has 6 heteroatoms. The van der Waals surface area contributed by atoms with Crippen LogP contribution in [0.25, 0.3) is 0 Å². The highest BCUT2D eigenvalue weighted by Crippen LogP contribution is 2.28. The highest BCUT2D eigenvalue weighted by molar-refractivity contribution is 5.78. The van der Waals surface area contributed by atoms with Gasteiger partial charge in [0.25, 0.3) is 0 Å². The molecule has 0 aliphatic carbocycles. The largest absolute Gasteiger partial charge is 0.496 e. The molecule has 2 aliphatic rings. The van der Waals surface area contributed by atoms with Crippen molar-refractivity contribution in [2.45, 2.75) is 38.3 Å². The van der Waals surface area contributed by atoms with E-state index in [1.165, 1.54) is 13.2 Å². The lowest BCUT2D eigenvalue weighted by Crippen LogP contribution is -2.48. The fraction of sp³-hybridized carbons (Fsp3) is 0.588. The van der Waals surface area contributed by atoms with Crippen LogP contribution in [0, 0.1) is 11.6 Å². The summed E-state index contributed by atoms with van der Waals surface area (Å²) in [6.45, 7) is 2.63. The number of nitrogens with zero attached hydrogens (tertiary/aromatic N) is 2. The van der Waals surface area contributed by atoms with Gasteiger partial charge in [0.1, 0.15) is 5.75 Å². The van der Waals surface area contributed by atoms with Crippen molar-refractivity contribution in [1.29, 1.82) is 0 Å². The van der Waals surface area contributed by atoms with Gasteiger partial charge >= 0.3 is 0 Å². The van der Waals surface area contributed by atoms with Gasteiger partial charge in [-0.25, -0.2) is 8.78 Å². The van der Waals surface area contributed by atoms with Crippen LogP contribution in [0.1, 0.15) is 31.2 Å². The molecular weight excluding hydrogens is 302 g/mol. The van der Waals surface area contributed by atoms with Crippen molar-refractivity contribution in [3.63, 3.8) is 0 Å². The fourth-order valence-electron chi connectivity index (χ4n) is 3.62. The number of halogens is 2. The average Bonchev–Trinajstić information content (AvgIpc) is 2.98. The number of likely N-dealkylation sites (tertiary alicyclic amines) is 2. The summed E-state index contributed by atoms with van der Waals surface area (Å²) in [6, 6.07) is 2.72. The molecule has 2 saturated heterocycles. The van der Waals surface area contributed by atoms with Crippen molar-refractivity contribution in [3.8, 4) is 5.75 Å². The predicted octanol–water partition coefficient (Wildman–Crippen LogP) is 2.56. The number of piperidine rings is 1. The number of ether oxygens (including phenoxy) is 1. The molecule has 2 fully saturated rings. The Bertz CT molecular complexity index is 594. The summed E-state index contributed by atoms with van der Waals surface area (Å²) in [6.07, 6.45) is 3.48. The van der Waals surface area contributed by atoms with E-state index < -0.39 is 11.6 Å². The predicted molar refractivity (Wildman–Crippen MR) is 82.2 cm³/mol. The summed E-state index contributed by atoms with van der Waals surface area (Å²) in [5, 5.41) is 0. The molecule has 126 valence electrons. The van der Waals surface area contributed by atoms with E-state index in [0.717, 1.165) is 38.4 Å². The van der Waals surface area contributed by atoms with E-state index in [-0.39, 0.29) is 17.5 Å². The summed E-state index contributed by atoms with van der Waals surface area (Å²) in [5.74, 6) is -1.12. The van der Waals surface area contributed by atoms with Crippen molar-refractivity contribution >= 4 is 5.91 Å². The van der Waals surface area contributed by atoms with Gasteiger partial charge in [-0.2, -0.15) is 0 Å². The Morgan fingerprint density at radius 1 is 1.26 bits per heavy atom. The molecule has 23 heavy (non-hydrogen) atoms. The molecule has 1 aromatic rings. The van der Waals surface area contributed by atoms with Crippen molar-refractivity contribution in [2.24, 2.45) is 0 Å². The van der Waals surface area contributed by atoms with Gasteiger partial charge in [0.2, 0.25) is 5.91 Å². The molecule has 3 rings (SSSR count). The van der Waals surface area contributed by atoms with E-state index in [4.69, 9.17) is 4.74 Å². The maximum atomic E-state index is 14.1. The van der Waals surface area contributed by atoms with Crippen LogP contribution < -0.4 is 4.74 Å². The monoisotopic (exact) mass is 324 g/mol. The first-order chi connectivity index (χ1) is 11.1. The Labute approximate surface area is 135 Å². The number of carbonyl (C=O) groups excluding carboxylic acids is 1. The second-order valence-electron chi connectivity index (χ2n) is 6.26. The normalized spacial score (nSPS) is 22.7.